The molecule has 0 spiro atoms. The molecule has 0 aromatic carbocycles. The highest BCUT2D eigenvalue weighted by Crippen LogP contribution is 2.35. The third kappa shape index (κ3) is 1.17. The summed E-state index contributed by atoms with van der Waals surface area (Å²) in [5.41, 5.74) is 0. The Hall–Kier alpha value is -0.0800. The largest absolute Gasteiger partial charge is 0.313 e. The molecule has 2 saturated carbocycles. The zero-order chi connectivity index (χ0) is 7.97. The molecule has 1 aliphatic heterocycles. The number of hydrogen-bond acceptors (Lipinski definition) is 2. The summed E-state index contributed by atoms with van der Waals surface area (Å²) in [5.74, 6) is 0. The lowest BCUT2D eigenvalue weighted by Crippen LogP contribution is -2.38. The van der Waals surface area contributed by atoms with E-state index in [-0.39, 0.29) is 0 Å². The average Bonchev–Trinajstić information content (AvgIpc) is 2.77. The van der Waals surface area contributed by atoms with Gasteiger partial charge in [0.2, 0.25) is 0 Å². The highest BCUT2D eigenvalue weighted by molar-refractivity contribution is 4.96. The summed E-state index contributed by atoms with van der Waals surface area (Å²) in [5, 5.41) is 3.64. The van der Waals surface area contributed by atoms with Gasteiger partial charge in [-0.2, -0.15) is 0 Å². The van der Waals surface area contributed by atoms with Gasteiger partial charge in [-0.25, -0.2) is 0 Å². The van der Waals surface area contributed by atoms with Crippen molar-refractivity contribution in [3.63, 3.8) is 0 Å². The quantitative estimate of drug-likeness (QED) is 0.624. The molecule has 3 aliphatic rings. The van der Waals surface area contributed by atoms with E-state index in [4.69, 9.17) is 0 Å². The van der Waals surface area contributed by atoms with E-state index >= 15 is 0 Å². The van der Waals surface area contributed by atoms with Crippen LogP contribution in [-0.2, 0) is 0 Å². The molecule has 0 aromatic rings. The molecule has 2 nitrogen and oxygen atoms in total. The second kappa shape index (κ2) is 2.71. The molecule has 2 bridgehead atoms. The Morgan fingerprint density at radius 3 is 2.67 bits per heavy atom. The molecule has 0 aromatic heterocycles. The molecule has 2 heteroatoms. The molecule has 3 fully saturated rings. The first-order valence-corrected chi connectivity index (χ1v) is 5.42. The fourth-order valence-corrected chi connectivity index (χ4v) is 2.91. The van der Waals surface area contributed by atoms with Crippen LogP contribution in [0.1, 0.15) is 32.1 Å². The Bertz CT molecular complexity index is 177. The average molecular weight is 166 g/mol. The van der Waals surface area contributed by atoms with E-state index in [9.17, 15) is 0 Å². The zero-order valence-electron chi connectivity index (χ0n) is 7.63. The summed E-state index contributed by atoms with van der Waals surface area (Å²) in [6.45, 7) is 2.55. The minimum Gasteiger partial charge on any atom is -0.313 e. The molecular weight excluding hydrogens is 148 g/mol. The van der Waals surface area contributed by atoms with Crippen molar-refractivity contribution in [3.8, 4) is 0 Å². The maximum Gasteiger partial charge on any atom is 0.0114 e. The third-order valence-electron chi connectivity index (χ3n) is 3.69. The van der Waals surface area contributed by atoms with Gasteiger partial charge in [0.1, 0.15) is 0 Å². The molecular formula is C10H18N2. The Kier molecular flexibility index (Phi) is 1.66. The minimum atomic E-state index is 0.860. The first kappa shape index (κ1) is 7.34. The summed E-state index contributed by atoms with van der Waals surface area (Å²) in [4.78, 5) is 2.78. The maximum absolute atomic E-state index is 3.64. The molecule has 1 N–H and O–H groups in total. The maximum atomic E-state index is 3.64. The summed E-state index contributed by atoms with van der Waals surface area (Å²) >= 11 is 0. The fraction of sp³-hybridized carbons (Fsp3) is 1.00. The molecule has 0 radical (unpaired) electrons. The van der Waals surface area contributed by atoms with Crippen molar-refractivity contribution in [2.75, 3.05) is 13.1 Å². The number of nitrogens with zero attached hydrogens (tertiary/aromatic N) is 1. The smallest absolute Gasteiger partial charge is 0.0114 e. The SMILES string of the molecule is C1CN(C2CC2)C2CCC(C2)N1. The Morgan fingerprint density at radius 1 is 1.00 bits per heavy atom. The van der Waals surface area contributed by atoms with Gasteiger partial charge in [-0.1, -0.05) is 0 Å². The van der Waals surface area contributed by atoms with Crippen molar-refractivity contribution in [2.45, 2.75) is 50.2 Å². The molecule has 68 valence electrons. The van der Waals surface area contributed by atoms with Crippen LogP contribution in [0.2, 0.25) is 0 Å². The second-order valence-corrected chi connectivity index (χ2v) is 4.59. The van der Waals surface area contributed by atoms with Gasteiger partial charge in [0.25, 0.3) is 0 Å². The monoisotopic (exact) mass is 166 g/mol. The highest BCUT2D eigenvalue weighted by atomic mass is 15.2. The second-order valence-electron chi connectivity index (χ2n) is 4.59. The summed E-state index contributed by atoms with van der Waals surface area (Å²) < 4.78 is 0. The molecule has 1 heterocycles. The molecule has 0 amide bonds. The van der Waals surface area contributed by atoms with E-state index < -0.39 is 0 Å². The molecule has 2 atom stereocenters. The van der Waals surface area contributed by atoms with E-state index in [1.54, 1.807) is 0 Å². The zero-order valence-corrected chi connectivity index (χ0v) is 7.63. The van der Waals surface area contributed by atoms with Crippen molar-refractivity contribution >= 4 is 0 Å². The van der Waals surface area contributed by atoms with Crippen LogP contribution in [0, 0.1) is 0 Å². The van der Waals surface area contributed by atoms with Gasteiger partial charge in [-0.05, 0) is 32.1 Å². The van der Waals surface area contributed by atoms with Crippen molar-refractivity contribution in [2.24, 2.45) is 0 Å². The lowest BCUT2D eigenvalue weighted by atomic mass is 10.2. The van der Waals surface area contributed by atoms with Crippen molar-refractivity contribution < 1.29 is 0 Å². The van der Waals surface area contributed by atoms with Gasteiger partial charge in [0, 0.05) is 31.2 Å². The summed E-state index contributed by atoms with van der Waals surface area (Å²) in [6.07, 6.45) is 7.25. The predicted molar refractivity (Wildman–Crippen MR) is 49.2 cm³/mol. The first-order valence-electron chi connectivity index (χ1n) is 5.42. The number of hydrogen-bond donors (Lipinski definition) is 1. The third-order valence-corrected chi connectivity index (χ3v) is 3.69. The van der Waals surface area contributed by atoms with E-state index in [0.717, 1.165) is 18.1 Å². The lowest BCUT2D eigenvalue weighted by Gasteiger charge is -2.27. The lowest BCUT2D eigenvalue weighted by molar-refractivity contribution is 0.199. The van der Waals surface area contributed by atoms with Crippen LogP contribution < -0.4 is 5.32 Å². The standard InChI is InChI=1S/C10H18N2/c1-2-10-7-8(1)11-5-6-12(10)9-3-4-9/h8-11H,1-7H2. The first-order chi connectivity index (χ1) is 5.93. The van der Waals surface area contributed by atoms with Crippen LogP contribution in [0.4, 0.5) is 0 Å². The molecule has 1 saturated heterocycles. The molecule has 2 unspecified atom stereocenters. The molecule has 12 heavy (non-hydrogen) atoms. The van der Waals surface area contributed by atoms with Gasteiger partial charge >= 0.3 is 0 Å². The Balaban J connectivity index is 1.74. The Morgan fingerprint density at radius 2 is 1.83 bits per heavy atom. The number of nitrogens with one attached hydrogen (secondary N) is 1. The highest BCUT2D eigenvalue weighted by Gasteiger charge is 2.38. The normalized spacial score (nSPS) is 43.0. The topological polar surface area (TPSA) is 15.3 Å². The van der Waals surface area contributed by atoms with Crippen molar-refractivity contribution in [1.29, 1.82) is 0 Å². The van der Waals surface area contributed by atoms with Crippen LogP contribution in [0.15, 0.2) is 0 Å². The molecule has 2 aliphatic carbocycles. The number of fused-ring (bicyclic) bond motifs is 2. The van der Waals surface area contributed by atoms with Crippen LogP contribution in [0.3, 0.4) is 0 Å². The van der Waals surface area contributed by atoms with Gasteiger partial charge in [0.05, 0.1) is 0 Å². The van der Waals surface area contributed by atoms with Crippen molar-refractivity contribution in [3.05, 3.63) is 0 Å². The van der Waals surface area contributed by atoms with Crippen LogP contribution in [-0.4, -0.2) is 36.1 Å². The van der Waals surface area contributed by atoms with E-state index in [2.05, 4.69) is 10.2 Å². The summed E-state index contributed by atoms with van der Waals surface area (Å²) in [6, 6.07) is 2.78. The van der Waals surface area contributed by atoms with Crippen LogP contribution in [0.5, 0.6) is 0 Å². The van der Waals surface area contributed by atoms with Crippen molar-refractivity contribution in [1.82, 2.24) is 10.2 Å². The van der Waals surface area contributed by atoms with E-state index in [1.165, 1.54) is 45.2 Å². The van der Waals surface area contributed by atoms with Gasteiger partial charge in [0.15, 0.2) is 0 Å². The Labute approximate surface area is 74.3 Å². The minimum absolute atomic E-state index is 0.860. The van der Waals surface area contributed by atoms with Gasteiger partial charge in [-0.3, -0.25) is 4.90 Å². The predicted octanol–water partition coefficient (Wildman–Crippen LogP) is 0.975. The number of rotatable bonds is 1. The van der Waals surface area contributed by atoms with Gasteiger partial charge < -0.3 is 5.32 Å². The van der Waals surface area contributed by atoms with Crippen LogP contribution >= 0.6 is 0 Å². The molecule has 3 rings (SSSR count). The summed E-state index contributed by atoms with van der Waals surface area (Å²) in [7, 11) is 0. The van der Waals surface area contributed by atoms with Gasteiger partial charge in [-0.15, -0.1) is 0 Å². The van der Waals surface area contributed by atoms with E-state index in [0.29, 0.717) is 0 Å². The van der Waals surface area contributed by atoms with Crippen LogP contribution in [0.25, 0.3) is 0 Å². The fourth-order valence-electron chi connectivity index (χ4n) is 2.91. The van der Waals surface area contributed by atoms with E-state index in [1.807, 2.05) is 0 Å².